The molecule has 0 aromatic heterocycles. The van der Waals surface area contributed by atoms with Crippen molar-refractivity contribution in [2.24, 2.45) is 23.5 Å². The molecule has 0 aliphatic carbocycles. The lowest BCUT2D eigenvalue weighted by Gasteiger charge is -2.38. The summed E-state index contributed by atoms with van der Waals surface area (Å²) in [5.41, 5.74) is 8.80. The Morgan fingerprint density at radius 3 is 1.80 bits per heavy atom. The summed E-state index contributed by atoms with van der Waals surface area (Å²) in [5.74, 6) is 1.71. The van der Waals surface area contributed by atoms with Crippen molar-refractivity contribution in [3.05, 3.63) is 22.3 Å². The maximum Gasteiger partial charge on any atom is 0.322 e. The minimum absolute atomic E-state index is 0.0712. The second-order valence-corrected chi connectivity index (χ2v) is 13.3. The van der Waals surface area contributed by atoms with Gasteiger partial charge in [0.15, 0.2) is 0 Å². The molecule has 0 spiro atoms. The Hall–Kier alpha value is -2.81. The number of nitrogens with two attached hydrogens (primary N) is 1. The van der Waals surface area contributed by atoms with Gasteiger partial charge in [0.1, 0.15) is 23.6 Å². The van der Waals surface area contributed by atoms with Crippen molar-refractivity contribution >= 4 is 17.8 Å². The van der Waals surface area contributed by atoms with Crippen LogP contribution in [0, 0.1) is 38.5 Å². The Bertz CT molecular complexity index is 1030. The number of ether oxygens (including phenoxy) is 1. The molecule has 0 unspecified atom stereocenters. The fourth-order valence-electron chi connectivity index (χ4n) is 5.47. The highest BCUT2D eigenvalue weighted by Crippen LogP contribution is 2.44. The predicted octanol–water partition coefficient (Wildman–Crippen LogP) is 7.08. The van der Waals surface area contributed by atoms with E-state index in [0.29, 0.717) is 5.75 Å². The Morgan fingerprint density at radius 1 is 0.864 bits per heavy atom. The number of amides is 1. The number of hydrogen-bond acceptors (Lipinski definition) is 6. The van der Waals surface area contributed by atoms with E-state index in [9.17, 15) is 19.5 Å². The number of carbonyl (C=O) groups excluding carboxylic acids is 1. The first-order chi connectivity index (χ1) is 20.4. The van der Waals surface area contributed by atoms with Crippen LogP contribution in [0.2, 0.25) is 0 Å². The molecule has 1 heterocycles. The van der Waals surface area contributed by atoms with Crippen molar-refractivity contribution in [2.45, 2.75) is 139 Å². The second kappa shape index (κ2) is 21.0. The molecular formula is C35H62N2O7. The molecule has 44 heavy (non-hydrogen) atoms. The van der Waals surface area contributed by atoms with Gasteiger partial charge in [0.2, 0.25) is 5.91 Å². The van der Waals surface area contributed by atoms with E-state index < -0.39 is 11.9 Å². The SMILES string of the molecule is CC(=O)NCC(=O)O.Cc1c(C)c2c(c(C)c1O)CC[C@@](C)(CCC[C@H](C)CCC[C@H](C)CCCC(C)C)O2.NCC(=O)O. The van der Waals surface area contributed by atoms with E-state index in [0.717, 1.165) is 59.5 Å². The molecule has 0 saturated heterocycles. The zero-order chi connectivity index (χ0) is 34.0. The summed E-state index contributed by atoms with van der Waals surface area (Å²) >= 11 is 0. The standard InChI is InChI=1S/C29H50O2.C4H7NO3.C2H5NO2/c1-20(2)12-9-13-21(3)14-10-15-22(4)16-11-18-29(8)19-17-26-25(7)27(30)23(5)24(6)28(26)31-29;1-3(6)5-2-4(7)8;3-1-2(4)5/h20-22,30H,9-19H2,1-8H3;2H2,1H3,(H,5,6)(H,7,8);1,3H2,(H,4,5)/t21-,22-,29-;;/m1../s1. The molecule has 1 aromatic carbocycles. The Balaban J connectivity index is 0.00000119. The van der Waals surface area contributed by atoms with E-state index in [4.69, 9.17) is 14.9 Å². The molecule has 9 nitrogen and oxygen atoms in total. The summed E-state index contributed by atoms with van der Waals surface area (Å²) in [7, 11) is 0. The molecular weight excluding hydrogens is 560 g/mol. The van der Waals surface area contributed by atoms with Crippen LogP contribution in [0.4, 0.5) is 0 Å². The van der Waals surface area contributed by atoms with E-state index in [1.54, 1.807) is 0 Å². The topological polar surface area (TPSA) is 159 Å². The molecule has 9 heteroatoms. The number of nitrogens with one attached hydrogen (secondary N) is 1. The fourth-order valence-corrected chi connectivity index (χ4v) is 5.47. The molecule has 0 radical (unpaired) electrons. The zero-order valence-electron chi connectivity index (χ0n) is 29.0. The average molecular weight is 623 g/mol. The van der Waals surface area contributed by atoms with Crippen LogP contribution in [0.3, 0.4) is 0 Å². The maximum absolute atomic E-state index is 10.4. The van der Waals surface area contributed by atoms with Crippen LogP contribution >= 0.6 is 0 Å². The summed E-state index contributed by atoms with van der Waals surface area (Å²) < 4.78 is 6.60. The van der Waals surface area contributed by atoms with Gasteiger partial charge in [-0.3, -0.25) is 14.4 Å². The number of aliphatic carboxylic acids is 2. The predicted molar refractivity (Wildman–Crippen MR) is 177 cm³/mol. The quantitative estimate of drug-likeness (QED) is 0.139. The first-order valence-electron chi connectivity index (χ1n) is 16.3. The minimum atomic E-state index is -1.03. The number of carbonyl (C=O) groups is 3. The van der Waals surface area contributed by atoms with Gasteiger partial charge in [0.05, 0.1) is 6.54 Å². The van der Waals surface area contributed by atoms with Crippen LogP contribution in [-0.2, 0) is 20.8 Å². The Kier molecular flexibility index (Phi) is 19.7. The van der Waals surface area contributed by atoms with E-state index in [1.165, 1.54) is 63.9 Å². The normalized spacial score (nSPS) is 16.7. The molecule has 0 fully saturated rings. The number of rotatable bonds is 15. The summed E-state index contributed by atoms with van der Waals surface area (Å²) in [6, 6.07) is 0. The highest BCUT2D eigenvalue weighted by Gasteiger charge is 2.34. The summed E-state index contributed by atoms with van der Waals surface area (Å²) in [5, 5.41) is 28.0. The number of phenols is 1. The minimum Gasteiger partial charge on any atom is -0.507 e. The van der Waals surface area contributed by atoms with E-state index in [-0.39, 0.29) is 24.6 Å². The first-order valence-corrected chi connectivity index (χ1v) is 16.3. The number of benzene rings is 1. The maximum atomic E-state index is 10.4. The monoisotopic (exact) mass is 622 g/mol. The molecule has 1 amide bonds. The lowest BCUT2D eigenvalue weighted by Crippen LogP contribution is -2.37. The lowest BCUT2D eigenvalue weighted by atomic mass is 9.84. The van der Waals surface area contributed by atoms with E-state index >= 15 is 0 Å². The summed E-state index contributed by atoms with van der Waals surface area (Å²) in [4.78, 5) is 28.9. The van der Waals surface area contributed by atoms with Crippen LogP contribution in [0.15, 0.2) is 0 Å². The van der Waals surface area contributed by atoms with Gasteiger partial charge in [-0.05, 0) is 87.8 Å². The summed E-state index contributed by atoms with van der Waals surface area (Å²) in [6.45, 7) is 18.6. The number of carboxylic acid groups (broad SMARTS) is 2. The first kappa shape index (κ1) is 41.2. The van der Waals surface area contributed by atoms with Crippen LogP contribution in [0.1, 0.15) is 128 Å². The molecule has 3 atom stereocenters. The molecule has 1 aliphatic rings. The van der Waals surface area contributed by atoms with Crippen LogP contribution in [0.5, 0.6) is 11.5 Å². The lowest BCUT2D eigenvalue weighted by molar-refractivity contribution is -0.137. The molecule has 0 saturated carbocycles. The third-order valence-electron chi connectivity index (χ3n) is 8.53. The molecule has 1 aliphatic heterocycles. The van der Waals surface area contributed by atoms with Crippen LogP contribution in [0.25, 0.3) is 0 Å². The zero-order valence-corrected chi connectivity index (χ0v) is 29.0. The molecule has 1 aromatic rings. The number of fused-ring (bicyclic) bond motifs is 1. The third-order valence-corrected chi connectivity index (χ3v) is 8.53. The highest BCUT2D eigenvalue weighted by molar-refractivity contribution is 5.79. The third kappa shape index (κ3) is 16.9. The fraction of sp³-hybridized carbons (Fsp3) is 0.743. The molecule has 2 rings (SSSR count). The Labute approximate surface area is 266 Å². The van der Waals surface area contributed by atoms with E-state index in [1.807, 2.05) is 13.8 Å². The number of phenolic OH excluding ortho intramolecular Hbond substituents is 1. The molecule has 254 valence electrons. The van der Waals surface area contributed by atoms with Crippen LogP contribution < -0.4 is 15.8 Å². The molecule has 6 N–H and O–H groups in total. The number of hydrogen-bond donors (Lipinski definition) is 5. The largest absolute Gasteiger partial charge is 0.507 e. The van der Waals surface area contributed by atoms with Gasteiger partial charge < -0.3 is 31.1 Å². The highest BCUT2D eigenvalue weighted by atomic mass is 16.5. The summed E-state index contributed by atoms with van der Waals surface area (Å²) in [6.07, 6.45) is 14.1. The second-order valence-electron chi connectivity index (χ2n) is 13.3. The van der Waals surface area contributed by atoms with Crippen molar-refractivity contribution < 1.29 is 34.4 Å². The van der Waals surface area contributed by atoms with Gasteiger partial charge in [-0.1, -0.05) is 72.6 Å². The molecule has 0 bridgehead atoms. The van der Waals surface area contributed by atoms with E-state index in [2.05, 4.69) is 52.6 Å². The van der Waals surface area contributed by atoms with Gasteiger partial charge in [-0.2, -0.15) is 0 Å². The van der Waals surface area contributed by atoms with Gasteiger partial charge in [-0.25, -0.2) is 0 Å². The average Bonchev–Trinajstić information content (AvgIpc) is 2.94. The smallest absolute Gasteiger partial charge is 0.322 e. The van der Waals surface area contributed by atoms with Gasteiger partial charge in [0, 0.05) is 12.5 Å². The Morgan fingerprint density at radius 2 is 1.36 bits per heavy atom. The van der Waals surface area contributed by atoms with Crippen molar-refractivity contribution in [1.29, 1.82) is 0 Å². The van der Waals surface area contributed by atoms with Gasteiger partial charge >= 0.3 is 11.9 Å². The van der Waals surface area contributed by atoms with Crippen molar-refractivity contribution in [3.63, 3.8) is 0 Å². The van der Waals surface area contributed by atoms with Crippen molar-refractivity contribution in [3.8, 4) is 11.5 Å². The number of carboxylic acids is 2. The van der Waals surface area contributed by atoms with Gasteiger partial charge in [-0.15, -0.1) is 0 Å². The van der Waals surface area contributed by atoms with Crippen molar-refractivity contribution in [2.75, 3.05) is 13.1 Å². The van der Waals surface area contributed by atoms with Gasteiger partial charge in [0.25, 0.3) is 0 Å². The van der Waals surface area contributed by atoms with Crippen LogP contribution in [-0.4, -0.2) is 51.9 Å². The number of aromatic hydroxyl groups is 1. The van der Waals surface area contributed by atoms with Crippen molar-refractivity contribution in [1.82, 2.24) is 5.32 Å².